The average molecular weight is 586 g/mol. The molecule has 0 radical (unpaired) electrons. The molecular weight excluding hydrogens is 563 g/mol. The minimum atomic E-state index is -0.399. The second kappa shape index (κ2) is 11.0. The van der Waals surface area contributed by atoms with Crippen molar-refractivity contribution in [3.63, 3.8) is 0 Å². The largest absolute Gasteiger partial charge is 0.417 e. The number of piperidine rings is 1. The summed E-state index contributed by atoms with van der Waals surface area (Å²) in [6, 6.07) is 18.1. The van der Waals surface area contributed by atoms with Gasteiger partial charge in [0.1, 0.15) is 0 Å². The minimum Gasteiger partial charge on any atom is -0.417 e. The summed E-state index contributed by atoms with van der Waals surface area (Å²) in [6.45, 7) is 1.81. The van der Waals surface area contributed by atoms with E-state index in [0.717, 1.165) is 63.9 Å². The summed E-state index contributed by atoms with van der Waals surface area (Å²) in [7, 11) is 0. The van der Waals surface area contributed by atoms with E-state index in [-0.39, 0.29) is 24.8 Å². The van der Waals surface area contributed by atoms with Crippen molar-refractivity contribution in [1.82, 2.24) is 20.5 Å². The van der Waals surface area contributed by atoms with Crippen molar-refractivity contribution in [3.05, 3.63) is 82.8 Å². The number of halogens is 3. The third-order valence-electron chi connectivity index (χ3n) is 6.07. The molecule has 2 aromatic heterocycles. The SMILES string of the molecule is Brc1ccc(C2=NC3(CCNCC3)N=C2/C=C/c2nnc(-c3cnc4ccccc4c3)o2)cc1.Cl.Cl. The van der Waals surface area contributed by atoms with Crippen molar-refractivity contribution >= 4 is 69.1 Å². The first-order valence-electron chi connectivity index (χ1n) is 11.2. The van der Waals surface area contributed by atoms with Gasteiger partial charge in [-0.15, -0.1) is 35.0 Å². The second-order valence-corrected chi connectivity index (χ2v) is 9.31. The van der Waals surface area contributed by atoms with Gasteiger partial charge in [0.15, 0.2) is 5.66 Å². The summed E-state index contributed by atoms with van der Waals surface area (Å²) in [6.07, 6.45) is 7.24. The standard InChI is InChI=1S/C26H21BrN6O.2ClH/c27-20-7-5-17(6-8-20)24-22(30-26(31-24)11-13-28-14-12-26)9-10-23-32-33-25(34-23)19-15-18-3-1-2-4-21(18)29-16-19;;/h1-10,15-16,28H,11-14H2;2*1H/b10-9+;;. The number of hydrogen-bond donors (Lipinski definition) is 1. The Bertz CT molecular complexity index is 1460. The van der Waals surface area contributed by atoms with E-state index >= 15 is 0 Å². The predicted octanol–water partition coefficient (Wildman–Crippen LogP) is 5.93. The van der Waals surface area contributed by atoms with Crippen LogP contribution in [0.5, 0.6) is 0 Å². The Hall–Kier alpha value is -2.91. The Balaban J connectivity index is 0.00000152. The molecule has 4 aromatic rings. The van der Waals surface area contributed by atoms with Gasteiger partial charge in [0, 0.05) is 40.5 Å². The molecule has 1 N–H and O–H groups in total. The number of hydrogen-bond acceptors (Lipinski definition) is 7. The summed E-state index contributed by atoms with van der Waals surface area (Å²) < 4.78 is 6.94. The zero-order valence-corrected chi connectivity index (χ0v) is 22.3. The highest BCUT2D eigenvalue weighted by molar-refractivity contribution is 9.10. The van der Waals surface area contributed by atoms with E-state index in [1.807, 2.05) is 48.5 Å². The topological polar surface area (TPSA) is 88.6 Å². The van der Waals surface area contributed by atoms with Crippen LogP contribution in [0.3, 0.4) is 0 Å². The number of allylic oxidation sites excluding steroid dienone is 1. The molecule has 0 saturated carbocycles. The maximum Gasteiger partial charge on any atom is 0.249 e. The Labute approximate surface area is 229 Å². The normalized spacial score (nSPS) is 16.5. The number of fused-ring (bicyclic) bond motifs is 1. The summed E-state index contributed by atoms with van der Waals surface area (Å²) in [5, 5.41) is 12.8. The maximum atomic E-state index is 5.91. The van der Waals surface area contributed by atoms with Crippen LogP contribution in [0.1, 0.15) is 24.3 Å². The number of pyridine rings is 1. The van der Waals surface area contributed by atoms with E-state index in [2.05, 4.69) is 48.6 Å². The van der Waals surface area contributed by atoms with Gasteiger partial charge in [-0.05, 0) is 43.4 Å². The predicted molar refractivity (Wildman–Crippen MR) is 152 cm³/mol. The van der Waals surface area contributed by atoms with Crippen molar-refractivity contribution in [2.24, 2.45) is 9.98 Å². The highest BCUT2D eigenvalue weighted by Crippen LogP contribution is 2.32. The van der Waals surface area contributed by atoms with E-state index in [4.69, 9.17) is 14.4 Å². The summed E-state index contributed by atoms with van der Waals surface area (Å²) in [5.41, 5.74) is 4.08. The number of rotatable bonds is 4. The van der Waals surface area contributed by atoms with Crippen LogP contribution in [0, 0.1) is 0 Å². The molecule has 1 saturated heterocycles. The monoisotopic (exact) mass is 584 g/mol. The molecular formula is C26H23BrCl2N6O. The van der Waals surface area contributed by atoms with Gasteiger partial charge in [-0.25, -0.2) is 0 Å². The fraction of sp³-hybridized carbons (Fsp3) is 0.192. The number of aliphatic imine (C=N–C) groups is 2. The fourth-order valence-electron chi connectivity index (χ4n) is 4.31. The van der Waals surface area contributed by atoms with E-state index in [1.54, 1.807) is 12.3 Å². The molecule has 2 aliphatic rings. The van der Waals surface area contributed by atoms with Gasteiger partial charge >= 0.3 is 0 Å². The lowest BCUT2D eigenvalue weighted by atomic mass is 10.0. The molecule has 4 heterocycles. The first-order chi connectivity index (χ1) is 16.7. The van der Waals surface area contributed by atoms with Gasteiger partial charge in [-0.3, -0.25) is 15.0 Å². The van der Waals surface area contributed by atoms with Crippen molar-refractivity contribution in [1.29, 1.82) is 0 Å². The molecule has 1 fully saturated rings. The summed E-state index contributed by atoms with van der Waals surface area (Å²) >= 11 is 3.51. The molecule has 1 spiro atoms. The quantitative estimate of drug-likeness (QED) is 0.321. The van der Waals surface area contributed by atoms with Crippen molar-refractivity contribution in [3.8, 4) is 11.5 Å². The van der Waals surface area contributed by atoms with Gasteiger partial charge in [-0.2, -0.15) is 0 Å². The molecule has 7 nitrogen and oxygen atoms in total. The van der Waals surface area contributed by atoms with Crippen LogP contribution in [-0.4, -0.2) is 45.4 Å². The van der Waals surface area contributed by atoms with Crippen LogP contribution in [-0.2, 0) is 0 Å². The average Bonchev–Trinajstić information content (AvgIpc) is 3.48. The smallest absolute Gasteiger partial charge is 0.249 e. The third kappa shape index (κ3) is 5.27. The van der Waals surface area contributed by atoms with Crippen LogP contribution in [0.4, 0.5) is 0 Å². The van der Waals surface area contributed by atoms with Crippen molar-refractivity contribution in [2.45, 2.75) is 18.5 Å². The third-order valence-corrected chi connectivity index (χ3v) is 6.60. The molecule has 0 bridgehead atoms. The second-order valence-electron chi connectivity index (χ2n) is 8.39. The van der Waals surface area contributed by atoms with Crippen LogP contribution in [0.2, 0.25) is 0 Å². The van der Waals surface area contributed by atoms with Gasteiger partial charge in [0.05, 0.1) is 22.5 Å². The molecule has 0 atom stereocenters. The number of nitrogens with one attached hydrogen (secondary N) is 1. The number of aromatic nitrogens is 3. The Kier molecular flexibility index (Phi) is 8.00. The summed E-state index contributed by atoms with van der Waals surface area (Å²) in [5.74, 6) is 0.843. The molecule has 0 amide bonds. The molecule has 6 rings (SSSR count). The maximum absolute atomic E-state index is 5.91. The van der Waals surface area contributed by atoms with Crippen molar-refractivity contribution in [2.75, 3.05) is 13.1 Å². The lowest BCUT2D eigenvalue weighted by Crippen LogP contribution is -2.38. The lowest BCUT2D eigenvalue weighted by molar-refractivity contribution is 0.331. The van der Waals surface area contributed by atoms with Crippen LogP contribution in [0.25, 0.3) is 28.4 Å². The van der Waals surface area contributed by atoms with Crippen LogP contribution < -0.4 is 5.32 Å². The first kappa shape index (κ1) is 26.2. The first-order valence-corrected chi connectivity index (χ1v) is 12.0. The molecule has 10 heteroatoms. The molecule has 36 heavy (non-hydrogen) atoms. The zero-order chi connectivity index (χ0) is 23.0. The van der Waals surface area contributed by atoms with E-state index in [0.29, 0.717) is 11.8 Å². The molecule has 184 valence electrons. The van der Waals surface area contributed by atoms with E-state index < -0.39 is 5.66 Å². The van der Waals surface area contributed by atoms with Crippen molar-refractivity contribution < 1.29 is 4.42 Å². The Morgan fingerprint density at radius 1 is 0.889 bits per heavy atom. The van der Waals surface area contributed by atoms with Crippen LogP contribution >= 0.6 is 40.7 Å². The molecule has 2 aliphatic heterocycles. The van der Waals surface area contributed by atoms with E-state index in [1.165, 1.54) is 0 Å². The van der Waals surface area contributed by atoms with E-state index in [9.17, 15) is 0 Å². The number of para-hydroxylation sites is 1. The summed E-state index contributed by atoms with van der Waals surface area (Å²) in [4.78, 5) is 14.6. The van der Waals surface area contributed by atoms with Gasteiger partial charge in [0.2, 0.25) is 11.8 Å². The Morgan fingerprint density at radius 3 is 2.47 bits per heavy atom. The van der Waals surface area contributed by atoms with Crippen LogP contribution in [0.15, 0.2) is 85.7 Å². The number of nitrogens with zero attached hydrogens (tertiary/aromatic N) is 5. The van der Waals surface area contributed by atoms with Gasteiger partial charge in [0.25, 0.3) is 0 Å². The highest BCUT2D eigenvalue weighted by Gasteiger charge is 2.36. The lowest BCUT2D eigenvalue weighted by Gasteiger charge is -2.28. The molecule has 2 aromatic carbocycles. The molecule has 0 aliphatic carbocycles. The van der Waals surface area contributed by atoms with Gasteiger partial charge in [-0.1, -0.05) is 46.3 Å². The molecule has 0 unspecified atom stereocenters. The number of benzene rings is 2. The highest BCUT2D eigenvalue weighted by atomic mass is 79.9. The Morgan fingerprint density at radius 2 is 1.67 bits per heavy atom. The fourth-order valence-corrected chi connectivity index (χ4v) is 4.58. The zero-order valence-electron chi connectivity index (χ0n) is 19.1. The minimum absolute atomic E-state index is 0. The van der Waals surface area contributed by atoms with Gasteiger partial charge < -0.3 is 9.73 Å².